The molecule has 50 heavy (non-hydrogen) atoms. The zero-order chi connectivity index (χ0) is 35.3. The van der Waals surface area contributed by atoms with Gasteiger partial charge < -0.3 is 25.8 Å². The lowest BCUT2D eigenvalue weighted by atomic mass is 9.88. The molecule has 3 N–H and O–H groups in total. The summed E-state index contributed by atoms with van der Waals surface area (Å²) in [4.78, 5) is 57.2. The number of likely N-dealkylation sites (N-methyl/N-ethyl adjacent to an activating group) is 1. The molecule has 258 valence electrons. The Morgan fingerprint density at radius 3 is 1.82 bits per heavy atom. The van der Waals surface area contributed by atoms with E-state index in [0.717, 1.165) is 11.1 Å². The molecule has 0 saturated carbocycles. The molecule has 0 bridgehead atoms. The summed E-state index contributed by atoms with van der Waals surface area (Å²) in [6.45, 7) is 1.82. The maximum Gasteiger partial charge on any atom is 0.250 e. The molecule has 9 heteroatoms. The van der Waals surface area contributed by atoms with Crippen LogP contribution >= 0.6 is 0 Å². The topological polar surface area (TPSA) is 111 Å². The Balaban J connectivity index is 1.31. The average Bonchev–Trinajstić information content (AvgIpc) is 3.16. The second-order valence-corrected chi connectivity index (χ2v) is 12.5. The lowest BCUT2D eigenvalue weighted by Crippen LogP contribution is -2.56. The molecule has 1 heterocycles. The third-order valence-electron chi connectivity index (χ3n) is 9.09. The minimum atomic E-state index is -0.898. The summed E-state index contributed by atoms with van der Waals surface area (Å²) in [6.07, 6.45) is 4.56. The highest BCUT2D eigenvalue weighted by Crippen LogP contribution is 2.29. The second-order valence-electron chi connectivity index (χ2n) is 12.5. The predicted octanol–water partition coefficient (Wildman–Crippen LogP) is 4.41. The van der Waals surface area contributed by atoms with Gasteiger partial charge in [-0.25, -0.2) is 0 Å². The first-order valence-corrected chi connectivity index (χ1v) is 17.1. The molecule has 0 aromatic heterocycles. The maximum absolute atomic E-state index is 14.1. The quantitative estimate of drug-likeness (QED) is 0.174. The lowest BCUT2D eigenvalue weighted by Gasteiger charge is -2.36. The van der Waals surface area contributed by atoms with E-state index < -0.39 is 29.9 Å². The van der Waals surface area contributed by atoms with Crippen molar-refractivity contribution in [2.45, 2.75) is 50.2 Å². The Morgan fingerprint density at radius 2 is 1.26 bits per heavy atom. The van der Waals surface area contributed by atoms with Crippen LogP contribution in [0.3, 0.4) is 0 Å². The van der Waals surface area contributed by atoms with Crippen molar-refractivity contribution in [2.75, 3.05) is 20.1 Å². The normalized spacial score (nSPS) is 15.4. The number of rotatable bonds is 15. The van der Waals surface area contributed by atoms with Gasteiger partial charge in [0.1, 0.15) is 12.1 Å². The molecule has 4 aromatic rings. The Morgan fingerprint density at radius 1 is 0.720 bits per heavy atom. The van der Waals surface area contributed by atoms with Crippen LogP contribution in [0.1, 0.15) is 41.5 Å². The van der Waals surface area contributed by atoms with E-state index in [-0.39, 0.29) is 30.7 Å². The fourth-order valence-corrected chi connectivity index (χ4v) is 6.13. The van der Waals surface area contributed by atoms with E-state index in [2.05, 4.69) is 40.2 Å². The van der Waals surface area contributed by atoms with E-state index >= 15 is 0 Å². The van der Waals surface area contributed by atoms with Gasteiger partial charge in [0.05, 0.1) is 12.6 Å². The molecule has 0 saturated heterocycles. The van der Waals surface area contributed by atoms with Gasteiger partial charge in [-0.3, -0.25) is 19.2 Å². The van der Waals surface area contributed by atoms with Crippen LogP contribution in [0, 0.1) is 0 Å². The number of hydrogen-bond donors (Lipinski definition) is 3. The fraction of sp³-hybridized carbons (Fsp3) is 0.268. The van der Waals surface area contributed by atoms with Crippen molar-refractivity contribution in [3.63, 3.8) is 0 Å². The van der Waals surface area contributed by atoms with Gasteiger partial charge in [-0.15, -0.1) is 0 Å². The van der Waals surface area contributed by atoms with E-state index in [1.54, 1.807) is 31.3 Å². The summed E-state index contributed by atoms with van der Waals surface area (Å²) in [7, 11) is 1.67. The minimum absolute atomic E-state index is 0.0847. The molecular formula is C41H45N5O4. The summed E-state index contributed by atoms with van der Waals surface area (Å²) in [6, 6.07) is 37.3. The zero-order valence-electron chi connectivity index (χ0n) is 28.6. The van der Waals surface area contributed by atoms with Gasteiger partial charge in [0.25, 0.3) is 0 Å². The maximum atomic E-state index is 14.1. The van der Waals surface area contributed by atoms with Gasteiger partial charge in [-0.2, -0.15) is 0 Å². The van der Waals surface area contributed by atoms with Crippen LogP contribution in [0.2, 0.25) is 0 Å². The SMILES string of the molecule is CN[C@@H](C)C(=O)N[C@@H](Cc1ccccc1)C(=O)NCC(=O)N1C=CN(CCC(c2ccccc2)c2ccccc2)C(=O)[C@@H]1Cc1ccccc1. The summed E-state index contributed by atoms with van der Waals surface area (Å²) >= 11 is 0. The van der Waals surface area contributed by atoms with Gasteiger partial charge in [0.2, 0.25) is 23.6 Å². The van der Waals surface area contributed by atoms with Gasteiger partial charge in [0.15, 0.2) is 0 Å². The summed E-state index contributed by atoms with van der Waals surface area (Å²) in [5, 5.41) is 8.41. The van der Waals surface area contributed by atoms with Gasteiger partial charge in [0, 0.05) is 37.7 Å². The molecule has 0 spiro atoms. The summed E-state index contributed by atoms with van der Waals surface area (Å²) in [5.74, 6) is -1.35. The smallest absolute Gasteiger partial charge is 0.250 e. The number of benzene rings is 4. The Hall–Kier alpha value is -5.54. The Bertz CT molecular complexity index is 1690. The van der Waals surface area contributed by atoms with Gasteiger partial charge in [-0.1, -0.05) is 121 Å². The Kier molecular flexibility index (Phi) is 12.7. The second kappa shape index (κ2) is 17.7. The van der Waals surface area contributed by atoms with Crippen molar-refractivity contribution in [1.29, 1.82) is 0 Å². The fourth-order valence-electron chi connectivity index (χ4n) is 6.13. The third kappa shape index (κ3) is 9.54. The number of carbonyl (C=O) groups excluding carboxylic acids is 4. The molecule has 0 unspecified atom stereocenters. The van der Waals surface area contributed by atoms with Gasteiger partial charge in [-0.05, 0) is 42.6 Å². The standard InChI is InChI=1S/C41H45N5O4/c1-30(42-2)39(48)44-36(27-31-15-7-3-8-16-31)40(49)43-29-38(47)46-26-25-45(41(50)37(46)28-32-17-9-4-10-18-32)24-23-35(33-19-11-5-12-20-33)34-21-13-6-14-22-34/h3-22,25-26,30,35-37,42H,23-24,27-29H2,1-2H3,(H,43,49)(H,44,48)/t30-,36-,37-/m0/s1. The molecule has 3 atom stereocenters. The molecule has 4 aromatic carbocycles. The molecule has 0 radical (unpaired) electrons. The number of amides is 4. The van der Waals surface area contributed by atoms with Crippen LogP contribution in [-0.4, -0.2) is 71.7 Å². The highest BCUT2D eigenvalue weighted by molar-refractivity contribution is 5.94. The largest absolute Gasteiger partial charge is 0.345 e. The van der Waals surface area contributed by atoms with Crippen LogP contribution in [0.25, 0.3) is 0 Å². The molecular weight excluding hydrogens is 626 g/mol. The third-order valence-corrected chi connectivity index (χ3v) is 9.09. The van der Waals surface area contributed by atoms with Crippen LogP contribution < -0.4 is 16.0 Å². The summed E-state index contributed by atoms with van der Waals surface area (Å²) < 4.78 is 0. The first-order valence-electron chi connectivity index (χ1n) is 17.1. The van der Waals surface area contributed by atoms with Crippen LogP contribution in [0.15, 0.2) is 134 Å². The van der Waals surface area contributed by atoms with Crippen molar-refractivity contribution in [3.05, 3.63) is 156 Å². The monoisotopic (exact) mass is 671 g/mol. The van der Waals surface area contributed by atoms with Gasteiger partial charge >= 0.3 is 0 Å². The van der Waals surface area contributed by atoms with Crippen molar-refractivity contribution < 1.29 is 19.2 Å². The zero-order valence-corrected chi connectivity index (χ0v) is 28.6. The number of hydrogen-bond acceptors (Lipinski definition) is 5. The Labute approximate surface area is 294 Å². The lowest BCUT2D eigenvalue weighted by molar-refractivity contribution is -0.143. The molecule has 4 amide bonds. The van der Waals surface area contributed by atoms with Crippen molar-refractivity contribution in [1.82, 2.24) is 25.8 Å². The molecule has 0 fully saturated rings. The van der Waals surface area contributed by atoms with Crippen molar-refractivity contribution in [3.8, 4) is 0 Å². The number of carbonyl (C=O) groups is 4. The van der Waals surface area contributed by atoms with Crippen molar-refractivity contribution >= 4 is 23.6 Å². The highest BCUT2D eigenvalue weighted by Gasteiger charge is 2.35. The number of nitrogens with zero attached hydrogens (tertiary/aromatic N) is 2. The molecule has 1 aliphatic rings. The predicted molar refractivity (Wildman–Crippen MR) is 195 cm³/mol. The van der Waals surface area contributed by atoms with E-state index in [1.807, 2.05) is 97.1 Å². The molecule has 1 aliphatic heterocycles. The van der Waals surface area contributed by atoms with Crippen LogP contribution in [0.4, 0.5) is 0 Å². The van der Waals surface area contributed by atoms with Crippen molar-refractivity contribution in [2.24, 2.45) is 0 Å². The molecule has 5 rings (SSSR count). The molecule has 0 aliphatic carbocycles. The highest BCUT2D eigenvalue weighted by atomic mass is 16.2. The number of nitrogens with one attached hydrogen (secondary N) is 3. The molecule has 9 nitrogen and oxygen atoms in total. The van der Waals surface area contributed by atoms with Crippen LogP contribution in [-0.2, 0) is 32.0 Å². The first-order chi connectivity index (χ1) is 24.3. The first kappa shape index (κ1) is 35.8. The minimum Gasteiger partial charge on any atom is -0.345 e. The van der Waals surface area contributed by atoms with Crippen LogP contribution in [0.5, 0.6) is 0 Å². The van der Waals surface area contributed by atoms with E-state index in [0.29, 0.717) is 19.4 Å². The van der Waals surface area contributed by atoms with E-state index in [9.17, 15) is 19.2 Å². The van der Waals surface area contributed by atoms with E-state index in [1.165, 1.54) is 16.0 Å². The van der Waals surface area contributed by atoms with E-state index in [4.69, 9.17) is 0 Å². The summed E-state index contributed by atoms with van der Waals surface area (Å²) in [5.41, 5.74) is 4.12. The average molecular weight is 672 g/mol.